The lowest BCUT2D eigenvalue weighted by atomic mass is 9.96. The smallest absolute Gasteiger partial charge is 0.328 e. The van der Waals surface area contributed by atoms with Crippen molar-refractivity contribution in [3.63, 3.8) is 0 Å². The van der Waals surface area contributed by atoms with E-state index in [1.165, 1.54) is 18.9 Å². The van der Waals surface area contributed by atoms with Gasteiger partial charge in [0.1, 0.15) is 6.04 Å². The van der Waals surface area contributed by atoms with E-state index in [1.807, 2.05) is 30.5 Å². The van der Waals surface area contributed by atoms with E-state index in [0.29, 0.717) is 24.1 Å². The first-order valence-electron chi connectivity index (χ1n) is 10.3. The second-order valence-electron chi connectivity index (χ2n) is 7.57. The van der Waals surface area contributed by atoms with Crippen LogP contribution in [0.4, 0.5) is 0 Å². The molecular formula is C21H26N5O4S2+. The first kappa shape index (κ1) is 22.7. The predicted octanol–water partition coefficient (Wildman–Crippen LogP) is 1.81. The van der Waals surface area contributed by atoms with Crippen molar-refractivity contribution in [3.8, 4) is 0 Å². The Labute approximate surface area is 193 Å². The number of para-hydroxylation sites is 1. The zero-order chi connectivity index (χ0) is 22.7. The number of esters is 1. The number of rotatable bonds is 8. The number of carbonyl (C=O) groups excluding carboxylic acids is 2. The molecule has 1 aliphatic rings. The fraction of sp³-hybridized carbons (Fsp3) is 0.429. The Kier molecular flexibility index (Phi) is 7.07. The maximum Gasteiger partial charge on any atom is 0.328 e. The molecular weight excluding hydrogens is 450 g/mol. The molecule has 0 radical (unpaired) electrons. The molecule has 0 spiro atoms. The Morgan fingerprint density at radius 3 is 2.97 bits per heavy atom. The minimum Gasteiger partial charge on any atom is -0.467 e. The number of nitrogens with zero attached hydrogens (tertiary/aromatic N) is 3. The van der Waals surface area contributed by atoms with Gasteiger partial charge in [-0.3, -0.25) is 4.79 Å². The summed E-state index contributed by atoms with van der Waals surface area (Å²) >= 11 is 2.90. The molecule has 4 N–H and O–H groups in total. The number of ether oxygens (including phenoxy) is 1. The summed E-state index contributed by atoms with van der Waals surface area (Å²) in [5.74, 6) is 0.896. The van der Waals surface area contributed by atoms with E-state index in [-0.39, 0.29) is 17.7 Å². The van der Waals surface area contributed by atoms with Crippen LogP contribution >= 0.6 is 23.5 Å². The van der Waals surface area contributed by atoms with Crippen LogP contribution < -0.4 is 5.73 Å². The van der Waals surface area contributed by atoms with Gasteiger partial charge in [-0.05, 0) is 23.6 Å². The summed E-state index contributed by atoms with van der Waals surface area (Å²) in [5, 5.41) is 9.48. The molecule has 1 aliphatic heterocycles. The van der Waals surface area contributed by atoms with Gasteiger partial charge in [-0.15, -0.1) is 10.2 Å². The molecule has 2 aromatic heterocycles. The van der Waals surface area contributed by atoms with Crippen LogP contribution in [-0.2, 0) is 27.3 Å². The van der Waals surface area contributed by atoms with Crippen molar-refractivity contribution in [2.24, 2.45) is 0 Å². The van der Waals surface area contributed by atoms with Crippen molar-refractivity contribution in [2.75, 3.05) is 24.9 Å². The minimum atomic E-state index is -0.672. The molecule has 0 unspecified atom stereocenters. The summed E-state index contributed by atoms with van der Waals surface area (Å²) in [6.45, 7) is 0.313. The number of benzene rings is 1. The van der Waals surface area contributed by atoms with E-state index in [2.05, 4.69) is 20.9 Å². The summed E-state index contributed by atoms with van der Waals surface area (Å²) in [4.78, 5) is 30.5. The van der Waals surface area contributed by atoms with Crippen molar-refractivity contribution in [3.05, 3.63) is 41.4 Å². The molecule has 2 atom stereocenters. The number of fused-ring (bicyclic) bond motifs is 3. The van der Waals surface area contributed by atoms with Gasteiger partial charge in [0, 0.05) is 29.4 Å². The quantitative estimate of drug-likeness (QED) is 0.372. The van der Waals surface area contributed by atoms with E-state index >= 15 is 0 Å². The van der Waals surface area contributed by atoms with Crippen molar-refractivity contribution in [1.82, 2.24) is 20.1 Å². The van der Waals surface area contributed by atoms with E-state index in [9.17, 15) is 9.59 Å². The number of nitrogens with one attached hydrogen (secondary N) is 1. The average Bonchev–Trinajstić information content (AvgIpc) is 3.44. The molecule has 0 saturated heterocycles. The topological polar surface area (TPSA) is 129 Å². The molecule has 0 fully saturated rings. The highest BCUT2D eigenvalue weighted by Gasteiger charge is 2.37. The zero-order valence-corrected chi connectivity index (χ0v) is 19.6. The van der Waals surface area contributed by atoms with Crippen LogP contribution in [-0.4, -0.2) is 62.9 Å². The van der Waals surface area contributed by atoms with Gasteiger partial charge >= 0.3 is 5.97 Å². The number of hydrogen-bond donors (Lipinski definition) is 2. The van der Waals surface area contributed by atoms with Crippen molar-refractivity contribution >= 4 is 46.3 Å². The van der Waals surface area contributed by atoms with Gasteiger partial charge in [0.15, 0.2) is 6.04 Å². The zero-order valence-electron chi connectivity index (χ0n) is 18.0. The van der Waals surface area contributed by atoms with Crippen LogP contribution in [0.25, 0.3) is 10.9 Å². The predicted molar refractivity (Wildman–Crippen MR) is 122 cm³/mol. The molecule has 9 nitrogen and oxygen atoms in total. The number of aromatic amines is 1. The van der Waals surface area contributed by atoms with E-state index in [1.54, 1.807) is 16.7 Å². The van der Waals surface area contributed by atoms with E-state index in [0.717, 1.165) is 34.3 Å². The summed E-state index contributed by atoms with van der Waals surface area (Å²) in [5.41, 5.74) is 7.05. The first-order valence-corrected chi connectivity index (χ1v) is 12.6. The first-order chi connectivity index (χ1) is 15.5. The highest BCUT2D eigenvalue weighted by Crippen LogP contribution is 2.31. The number of aromatic nitrogens is 3. The van der Waals surface area contributed by atoms with Crippen LogP contribution in [0, 0.1) is 0 Å². The van der Waals surface area contributed by atoms with Gasteiger partial charge in [0.05, 0.1) is 19.4 Å². The molecule has 1 aromatic carbocycles. The number of thioether (sulfide) groups is 2. The summed E-state index contributed by atoms with van der Waals surface area (Å²) in [6, 6.07) is 7.19. The van der Waals surface area contributed by atoms with Crippen LogP contribution in [0.3, 0.4) is 0 Å². The Hall–Kier alpha value is -2.50. The molecule has 170 valence electrons. The average molecular weight is 477 g/mol. The lowest BCUT2D eigenvalue weighted by molar-refractivity contribution is -0.432. The number of methoxy groups -OCH3 is 1. The maximum absolute atomic E-state index is 13.1. The van der Waals surface area contributed by atoms with Crippen LogP contribution in [0.1, 0.15) is 29.6 Å². The van der Waals surface area contributed by atoms with Gasteiger partial charge in [-0.2, -0.15) is 11.8 Å². The molecule has 0 bridgehead atoms. The lowest BCUT2D eigenvalue weighted by Gasteiger charge is -2.33. The molecule has 1 amide bonds. The summed E-state index contributed by atoms with van der Waals surface area (Å²) in [7, 11) is 1.34. The van der Waals surface area contributed by atoms with Gasteiger partial charge < -0.3 is 24.8 Å². The molecule has 32 heavy (non-hydrogen) atoms. The Morgan fingerprint density at radius 1 is 1.38 bits per heavy atom. The normalized spacial score (nSPS) is 16.7. The SMILES string of the molecule is COC(=O)[C@H]1Cc2c([nH]c3ccccc23)CN1C(=O)CSc1nnc([C@@H]([NH3+])CCSC)o1. The van der Waals surface area contributed by atoms with Gasteiger partial charge in [0.2, 0.25) is 5.91 Å². The summed E-state index contributed by atoms with van der Waals surface area (Å²) < 4.78 is 10.7. The molecule has 3 aromatic rings. The lowest BCUT2D eigenvalue weighted by Crippen LogP contribution is -2.53. The highest BCUT2D eigenvalue weighted by molar-refractivity contribution is 7.99. The number of H-pyrrole nitrogens is 1. The number of quaternary nitrogens is 1. The fourth-order valence-corrected chi connectivity index (χ4v) is 5.03. The Morgan fingerprint density at radius 2 is 2.19 bits per heavy atom. The second-order valence-corrected chi connectivity index (χ2v) is 9.48. The number of hydrogen-bond acceptors (Lipinski definition) is 8. The second kappa shape index (κ2) is 9.97. The van der Waals surface area contributed by atoms with Crippen LogP contribution in [0.5, 0.6) is 0 Å². The standard InChI is InChI=1S/C21H25N5O4S2/c1-29-20(28)17-9-13-12-5-3-4-6-15(12)23-16(13)10-26(17)18(27)11-32-21-25-24-19(30-21)14(22)7-8-31-2/h3-6,14,17,23H,7-11,22H2,1-2H3/p+1/t14-,17+/m0/s1. The van der Waals surface area contributed by atoms with E-state index < -0.39 is 12.0 Å². The maximum atomic E-state index is 13.1. The van der Waals surface area contributed by atoms with Crippen LogP contribution in [0.15, 0.2) is 33.9 Å². The van der Waals surface area contributed by atoms with Crippen molar-refractivity contribution in [1.29, 1.82) is 0 Å². The molecule has 11 heteroatoms. The number of carbonyl (C=O) groups is 2. The molecule has 0 saturated carbocycles. The van der Waals surface area contributed by atoms with Gasteiger partial charge in [0.25, 0.3) is 11.1 Å². The van der Waals surface area contributed by atoms with E-state index in [4.69, 9.17) is 9.15 Å². The van der Waals surface area contributed by atoms with Crippen molar-refractivity contribution < 1.29 is 24.5 Å². The largest absolute Gasteiger partial charge is 0.467 e. The van der Waals surface area contributed by atoms with Crippen LogP contribution in [0.2, 0.25) is 0 Å². The fourth-order valence-electron chi connectivity index (χ4n) is 3.85. The third-order valence-corrected chi connectivity index (χ3v) is 7.01. The Bertz CT molecular complexity index is 1110. The monoisotopic (exact) mass is 476 g/mol. The third-order valence-electron chi connectivity index (χ3n) is 5.56. The van der Waals surface area contributed by atoms with Gasteiger partial charge in [-0.1, -0.05) is 30.0 Å². The van der Waals surface area contributed by atoms with Crippen molar-refractivity contribution in [2.45, 2.75) is 36.7 Å². The highest BCUT2D eigenvalue weighted by atomic mass is 32.2. The Balaban J connectivity index is 1.47. The summed E-state index contributed by atoms with van der Waals surface area (Å²) in [6.07, 6.45) is 3.29. The minimum absolute atomic E-state index is 0.0776. The molecule has 4 rings (SSSR count). The van der Waals surface area contributed by atoms with Gasteiger partial charge in [-0.25, -0.2) is 4.79 Å². The molecule has 0 aliphatic carbocycles. The molecule has 3 heterocycles. The number of amides is 1. The third kappa shape index (κ3) is 4.64.